The first kappa shape index (κ1) is 15.7. The highest BCUT2D eigenvalue weighted by Gasteiger charge is 2.12. The summed E-state index contributed by atoms with van der Waals surface area (Å²) < 4.78 is 23.1. The fourth-order valence-electron chi connectivity index (χ4n) is 0.783. The molecule has 0 aliphatic rings. The molecule has 0 radical (unpaired) electrons. The fraction of sp³-hybridized carbons (Fsp3) is 0.800. The van der Waals surface area contributed by atoms with E-state index in [0.29, 0.717) is 13.2 Å². The smallest absolute Gasteiger partial charge is 0.431 e. The lowest BCUT2D eigenvalue weighted by Gasteiger charge is -2.05. The van der Waals surface area contributed by atoms with Gasteiger partial charge in [0.1, 0.15) is 13.2 Å². The molecule has 0 N–H and O–H groups in total. The van der Waals surface area contributed by atoms with Crippen LogP contribution in [-0.4, -0.2) is 52.0 Å². The van der Waals surface area contributed by atoms with Crippen LogP contribution in [0.2, 0.25) is 0 Å². The van der Waals surface area contributed by atoms with E-state index in [1.165, 1.54) is 0 Å². The maximum atomic E-state index is 10.9. The zero-order valence-corrected chi connectivity index (χ0v) is 10.1. The summed E-state index contributed by atoms with van der Waals surface area (Å²) in [5.41, 5.74) is 0. The van der Waals surface area contributed by atoms with E-state index < -0.39 is 12.3 Å². The van der Waals surface area contributed by atoms with Crippen molar-refractivity contribution in [2.45, 2.75) is 13.8 Å². The Morgan fingerprint density at radius 2 is 1.18 bits per heavy atom. The lowest BCUT2D eigenvalue weighted by molar-refractivity contribution is 0.0118. The second kappa shape index (κ2) is 11.2. The van der Waals surface area contributed by atoms with Gasteiger partial charge >= 0.3 is 12.3 Å². The van der Waals surface area contributed by atoms with Crippen molar-refractivity contribution in [2.75, 3.05) is 39.6 Å². The highest BCUT2D eigenvalue weighted by atomic mass is 16.8. The van der Waals surface area contributed by atoms with E-state index in [-0.39, 0.29) is 26.4 Å². The van der Waals surface area contributed by atoms with E-state index in [1.807, 2.05) is 13.8 Å². The third kappa shape index (κ3) is 10.9. The zero-order valence-electron chi connectivity index (χ0n) is 10.1. The van der Waals surface area contributed by atoms with Crippen molar-refractivity contribution < 1.29 is 33.3 Å². The number of carbonyl (C=O) groups is 2. The van der Waals surface area contributed by atoms with Crippen molar-refractivity contribution in [3.8, 4) is 0 Å². The average molecular weight is 250 g/mol. The van der Waals surface area contributed by atoms with Crippen LogP contribution in [-0.2, 0) is 23.7 Å². The molecule has 0 fully saturated rings. The fourth-order valence-corrected chi connectivity index (χ4v) is 0.783. The lowest BCUT2D eigenvalue weighted by atomic mass is 10.7. The Balaban J connectivity index is 3.42. The van der Waals surface area contributed by atoms with Crippen LogP contribution in [0.15, 0.2) is 0 Å². The minimum Gasteiger partial charge on any atom is -0.431 e. The lowest BCUT2D eigenvalue weighted by Crippen LogP contribution is -2.18. The van der Waals surface area contributed by atoms with Crippen LogP contribution < -0.4 is 0 Å². The van der Waals surface area contributed by atoms with Gasteiger partial charge in [-0.3, -0.25) is 0 Å². The maximum Gasteiger partial charge on any atom is 0.518 e. The Kier molecular flexibility index (Phi) is 10.3. The Bertz CT molecular complexity index is 195. The van der Waals surface area contributed by atoms with Crippen molar-refractivity contribution in [3.05, 3.63) is 0 Å². The number of ether oxygens (including phenoxy) is 5. The average Bonchev–Trinajstić information content (AvgIpc) is 2.30. The molecule has 0 heterocycles. The van der Waals surface area contributed by atoms with Gasteiger partial charge in [0.2, 0.25) is 0 Å². The van der Waals surface area contributed by atoms with Crippen LogP contribution in [0.3, 0.4) is 0 Å². The molecule has 0 aromatic carbocycles. The van der Waals surface area contributed by atoms with Gasteiger partial charge in [-0.15, -0.1) is 0 Å². The molecule has 0 saturated carbocycles. The number of carbonyl (C=O) groups excluding carboxylic acids is 2. The van der Waals surface area contributed by atoms with Gasteiger partial charge in [-0.1, -0.05) is 0 Å². The molecule has 0 unspecified atom stereocenters. The molecule has 7 nitrogen and oxygen atoms in total. The Morgan fingerprint density at radius 3 is 1.53 bits per heavy atom. The number of rotatable bonds is 8. The molecular formula is C10H18O7. The molecule has 0 bridgehead atoms. The molecule has 0 saturated heterocycles. The third-order valence-corrected chi connectivity index (χ3v) is 1.47. The largest absolute Gasteiger partial charge is 0.518 e. The van der Waals surface area contributed by atoms with Crippen LogP contribution in [0.1, 0.15) is 13.8 Å². The van der Waals surface area contributed by atoms with E-state index in [2.05, 4.69) is 14.2 Å². The summed E-state index contributed by atoms with van der Waals surface area (Å²) in [4.78, 5) is 21.7. The predicted octanol–water partition coefficient (Wildman–Crippen LogP) is 1.35. The summed E-state index contributed by atoms with van der Waals surface area (Å²) >= 11 is 0. The van der Waals surface area contributed by atoms with Gasteiger partial charge in [-0.25, -0.2) is 9.59 Å². The van der Waals surface area contributed by atoms with Gasteiger partial charge in [-0.2, -0.15) is 0 Å². The van der Waals surface area contributed by atoms with Gasteiger partial charge in [0.05, 0.1) is 13.2 Å². The normalized spacial score (nSPS) is 9.76. The molecule has 0 aliphatic heterocycles. The molecule has 0 rings (SSSR count). The topological polar surface area (TPSA) is 80.3 Å². The van der Waals surface area contributed by atoms with Crippen molar-refractivity contribution in [3.63, 3.8) is 0 Å². The highest BCUT2D eigenvalue weighted by Crippen LogP contribution is 1.91. The summed E-state index contributed by atoms with van der Waals surface area (Å²) in [6.07, 6.45) is -2.21. The van der Waals surface area contributed by atoms with E-state index in [0.717, 1.165) is 0 Å². The maximum absolute atomic E-state index is 10.9. The molecule has 0 amide bonds. The molecule has 17 heavy (non-hydrogen) atoms. The van der Waals surface area contributed by atoms with Gasteiger partial charge < -0.3 is 23.7 Å². The van der Waals surface area contributed by atoms with E-state index in [4.69, 9.17) is 9.47 Å². The van der Waals surface area contributed by atoms with Crippen molar-refractivity contribution in [1.82, 2.24) is 0 Å². The van der Waals surface area contributed by atoms with Crippen molar-refractivity contribution >= 4 is 12.3 Å². The minimum atomic E-state index is -1.11. The summed E-state index contributed by atoms with van der Waals surface area (Å²) in [6.45, 7) is 5.24. The van der Waals surface area contributed by atoms with Gasteiger partial charge in [0.15, 0.2) is 0 Å². The first-order valence-electron chi connectivity index (χ1n) is 5.37. The molecule has 0 aromatic heterocycles. The highest BCUT2D eigenvalue weighted by molar-refractivity contribution is 5.76. The van der Waals surface area contributed by atoms with Crippen LogP contribution in [0.25, 0.3) is 0 Å². The summed E-state index contributed by atoms with van der Waals surface area (Å²) in [5.74, 6) is 0. The van der Waals surface area contributed by atoms with Crippen molar-refractivity contribution in [1.29, 1.82) is 0 Å². The monoisotopic (exact) mass is 250 g/mol. The van der Waals surface area contributed by atoms with Crippen LogP contribution in [0.5, 0.6) is 0 Å². The zero-order chi connectivity index (χ0) is 12.9. The van der Waals surface area contributed by atoms with Gasteiger partial charge in [0, 0.05) is 13.2 Å². The molecule has 0 aromatic rings. The second-order valence-corrected chi connectivity index (χ2v) is 2.69. The third-order valence-electron chi connectivity index (χ3n) is 1.47. The Hall–Kier alpha value is -1.34. The first-order chi connectivity index (χ1) is 8.20. The van der Waals surface area contributed by atoms with Crippen LogP contribution in [0, 0.1) is 0 Å². The molecule has 0 spiro atoms. The quantitative estimate of drug-likeness (QED) is 0.365. The van der Waals surface area contributed by atoms with Gasteiger partial charge in [-0.05, 0) is 13.8 Å². The van der Waals surface area contributed by atoms with Crippen molar-refractivity contribution in [2.24, 2.45) is 0 Å². The SMILES string of the molecule is CCOCCOC(=O)OC(=O)OCCOCC. The molecule has 0 aliphatic carbocycles. The standard InChI is InChI=1S/C10H18O7/c1-3-13-5-7-15-9(11)17-10(12)16-8-6-14-4-2/h3-8H2,1-2H3. The Labute approximate surface area is 99.9 Å². The molecular weight excluding hydrogens is 232 g/mol. The van der Waals surface area contributed by atoms with Gasteiger partial charge in [0.25, 0.3) is 0 Å². The molecule has 100 valence electrons. The summed E-state index contributed by atoms with van der Waals surface area (Å²) in [7, 11) is 0. The second-order valence-electron chi connectivity index (χ2n) is 2.69. The molecule has 0 atom stereocenters. The van der Waals surface area contributed by atoms with E-state index in [1.54, 1.807) is 0 Å². The van der Waals surface area contributed by atoms with Crippen LogP contribution in [0.4, 0.5) is 9.59 Å². The number of hydrogen-bond acceptors (Lipinski definition) is 7. The van der Waals surface area contributed by atoms with E-state index >= 15 is 0 Å². The van der Waals surface area contributed by atoms with E-state index in [9.17, 15) is 9.59 Å². The molecule has 7 heteroatoms. The van der Waals surface area contributed by atoms with Crippen LogP contribution >= 0.6 is 0 Å². The number of hydrogen-bond donors (Lipinski definition) is 0. The Morgan fingerprint density at radius 1 is 0.765 bits per heavy atom. The minimum absolute atomic E-state index is 0.0267. The summed E-state index contributed by atoms with van der Waals surface area (Å²) in [6, 6.07) is 0. The predicted molar refractivity (Wildman–Crippen MR) is 56.8 cm³/mol. The summed E-state index contributed by atoms with van der Waals surface area (Å²) in [5, 5.41) is 0. The first-order valence-corrected chi connectivity index (χ1v) is 5.37.